The lowest BCUT2D eigenvalue weighted by atomic mass is 10.1. The first-order valence-electron chi connectivity index (χ1n) is 9.74. The number of rotatable bonds is 6. The number of methoxy groups -OCH3 is 1. The van der Waals surface area contributed by atoms with Crippen molar-refractivity contribution in [2.45, 2.75) is 6.61 Å². The maximum Gasteiger partial charge on any atom is 0.270 e. The standard InChI is InChI=1S/C24H15Br3ClNO3S2/c1-31-20-9-14(8-18(27)22(20)32-12-13-2-4-15(25)5-3-13)10-21-23(30)29(24(33)34-21)16-6-7-17(26)19(28)11-16/h2-11H,12H2,1H3/b21-10+. The molecule has 0 aromatic heterocycles. The predicted octanol–water partition coefficient (Wildman–Crippen LogP) is 8.62. The molecule has 1 saturated heterocycles. The van der Waals surface area contributed by atoms with Gasteiger partial charge in [0.1, 0.15) is 6.61 Å². The Labute approximate surface area is 237 Å². The molecule has 1 aliphatic heterocycles. The highest BCUT2D eigenvalue weighted by Gasteiger charge is 2.33. The van der Waals surface area contributed by atoms with Crippen LogP contribution < -0.4 is 14.4 Å². The minimum atomic E-state index is -0.209. The number of halogens is 4. The van der Waals surface area contributed by atoms with Crippen molar-refractivity contribution in [3.8, 4) is 11.5 Å². The van der Waals surface area contributed by atoms with Crippen LogP contribution in [-0.2, 0) is 11.4 Å². The van der Waals surface area contributed by atoms with Crippen LogP contribution >= 0.6 is 83.4 Å². The number of nitrogens with zero attached hydrogens (tertiary/aromatic N) is 1. The number of carbonyl (C=O) groups excluding carboxylic acids is 1. The van der Waals surface area contributed by atoms with E-state index < -0.39 is 0 Å². The number of carbonyl (C=O) groups is 1. The fourth-order valence-corrected chi connectivity index (χ4v) is 5.72. The van der Waals surface area contributed by atoms with Crippen molar-refractivity contribution in [1.29, 1.82) is 0 Å². The van der Waals surface area contributed by atoms with Crippen LogP contribution in [0.3, 0.4) is 0 Å². The van der Waals surface area contributed by atoms with E-state index in [1.165, 1.54) is 16.7 Å². The lowest BCUT2D eigenvalue weighted by Gasteiger charge is -2.15. The number of hydrogen-bond donors (Lipinski definition) is 0. The average Bonchev–Trinajstić information content (AvgIpc) is 3.08. The summed E-state index contributed by atoms with van der Waals surface area (Å²) in [5, 5.41) is 0.503. The molecular formula is C24H15Br3ClNO3S2. The normalized spacial score (nSPS) is 14.7. The molecule has 174 valence electrons. The Balaban J connectivity index is 1.58. The molecule has 1 heterocycles. The quantitative estimate of drug-likeness (QED) is 0.190. The Hall–Kier alpha value is -1.36. The fourth-order valence-electron chi connectivity index (χ4n) is 3.17. The molecule has 0 atom stereocenters. The van der Waals surface area contributed by atoms with Crippen LogP contribution in [0.25, 0.3) is 6.08 Å². The van der Waals surface area contributed by atoms with Crippen LogP contribution in [0.1, 0.15) is 11.1 Å². The molecule has 3 aromatic carbocycles. The van der Waals surface area contributed by atoms with Gasteiger partial charge in [-0.25, -0.2) is 0 Å². The van der Waals surface area contributed by atoms with Crippen LogP contribution in [0.5, 0.6) is 11.5 Å². The van der Waals surface area contributed by atoms with E-state index in [2.05, 4.69) is 47.8 Å². The van der Waals surface area contributed by atoms with Crippen LogP contribution in [0.4, 0.5) is 5.69 Å². The van der Waals surface area contributed by atoms with E-state index in [1.54, 1.807) is 31.4 Å². The Kier molecular flexibility index (Phi) is 8.43. The number of anilines is 1. The van der Waals surface area contributed by atoms with Crippen molar-refractivity contribution in [1.82, 2.24) is 0 Å². The molecule has 4 nitrogen and oxygen atoms in total. The summed E-state index contributed by atoms with van der Waals surface area (Å²) in [7, 11) is 1.58. The monoisotopic (exact) mass is 701 g/mol. The summed E-state index contributed by atoms with van der Waals surface area (Å²) in [5.74, 6) is 0.923. The fraction of sp³-hybridized carbons (Fsp3) is 0.0833. The van der Waals surface area contributed by atoms with E-state index in [1.807, 2.05) is 36.4 Å². The second kappa shape index (κ2) is 11.1. The van der Waals surface area contributed by atoms with Crippen LogP contribution in [0.2, 0.25) is 5.02 Å². The summed E-state index contributed by atoms with van der Waals surface area (Å²) in [6.07, 6.45) is 1.78. The molecule has 1 amide bonds. The number of hydrogen-bond acceptors (Lipinski definition) is 5. The Morgan fingerprint density at radius 1 is 1.06 bits per heavy atom. The molecule has 4 rings (SSSR count). The molecule has 0 spiro atoms. The number of benzene rings is 3. The van der Waals surface area contributed by atoms with Gasteiger partial charge in [-0.2, -0.15) is 0 Å². The lowest BCUT2D eigenvalue weighted by Crippen LogP contribution is -2.27. The zero-order valence-corrected chi connectivity index (χ0v) is 24.6. The summed E-state index contributed by atoms with van der Waals surface area (Å²) in [4.78, 5) is 15.1. The molecule has 34 heavy (non-hydrogen) atoms. The van der Waals surface area contributed by atoms with E-state index in [9.17, 15) is 4.79 Å². The molecule has 3 aromatic rings. The van der Waals surface area contributed by atoms with E-state index in [0.717, 1.165) is 20.1 Å². The van der Waals surface area contributed by atoms with Gasteiger partial charge in [-0.1, -0.05) is 63.6 Å². The summed E-state index contributed by atoms with van der Waals surface area (Å²) >= 11 is 23.3. The summed E-state index contributed by atoms with van der Waals surface area (Å²) in [6.45, 7) is 0.385. The van der Waals surface area contributed by atoms with Crippen molar-refractivity contribution >= 4 is 105 Å². The smallest absolute Gasteiger partial charge is 0.270 e. The third-order valence-corrected chi connectivity index (χ3v) is 8.45. The molecule has 10 heteroatoms. The average molecular weight is 705 g/mol. The summed E-state index contributed by atoms with van der Waals surface area (Å²) < 4.78 is 14.5. The van der Waals surface area contributed by atoms with Crippen LogP contribution in [0, 0.1) is 0 Å². The number of ether oxygens (including phenoxy) is 2. The predicted molar refractivity (Wildman–Crippen MR) is 154 cm³/mol. The molecule has 0 bridgehead atoms. The second-order valence-electron chi connectivity index (χ2n) is 7.06. The van der Waals surface area contributed by atoms with Crippen molar-refractivity contribution in [3.05, 3.63) is 89.1 Å². The van der Waals surface area contributed by atoms with Crippen molar-refractivity contribution in [2.75, 3.05) is 12.0 Å². The lowest BCUT2D eigenvalue weighted by molar-refractivity contribution is -0.113. The van der Waals surface area contributed by atoms with E-state index in [4.69, 9.17) is 33.3 Å². The van der Waals surface area contributed by atoms with Crippen LogP contribution in [-0.4, -0.2) is 17.3 Å². The minimum Gasteiger partial charge on any atom is -0.493 e. The number of thioether (sulfide) groups is 1. The molecule has 1 fully saturated rings. The van der Waals surface area contributed by atoms with Gasteiger partial charge in [-0.05, 0) is 91.5 Å². The zero-order chi connectivity index (χ0) is 24.4. The Morgan fingerprint density at radius 2 is 1.79 bits per heavy atom. The van der Waals surface area contributed by atoms with Crippen molar-refractivity contribution in [2.24, 2.45) is 0 Å². The molecule has 0 unspecified atom stereocenters. The largest absolute Gasteiger partial charge is 0.493 e. The van der Waals surface area contributed by atoms with Gasteiger partial charge in [0.2, 0.25) is 0 Å². The first-order valence-corrected chi connectivity index (χ1v) is 13.7. The summed E-state index contributed by atoms with van der Waals surface area (Å²) in [6, 6.07) is 16.9. The highest BCUT2D eigenvalue weighted by Crippen LogP contribution is 2.41. The van der Waals surface area contributed by atoms with Crippen molar-refractivity contribution in [3.63, 3.8) is 0 Å². The van der Waals surface area contributed by atoms with Crippen molar-refractivity contribution < 1.29 is 14.3 Å². The summed E-state index contributed by atoms with van der Waals surface area (Å²) in [5.41, 5.74) is 2.42. The number of thiocarbonyl (C=S) groups is 1. The third-order valence-electron chi connectivity index (χ3n) is 4.80. The first kappa shape index (κ1) is 25.7. The van der Waals surface area contributed by atoms with Gasteiger partial charge in [0.05, 0.1) is 27.2 Å². The van der Waals surface area contributed by atoms with Gasteiger partial charge in [-0.15, -0.1) is 0 Å². The maximum absolute atomic E-state index is 13.1. The molecule has 0 N–H and O–H groups in total. The number of amides is 1. The topological polar surface area (TPSA) is 38.8 Å². The van der Waals surface area contributed by atoms with Crippen LogP contribution in [0.15, 0.2) is 72.9 Å². The molecule has 1 aliphatic rings. The second-order valence-corrected chi connectivity index (χ2v) is 11.8. The SMILES string of the molecule is COc1cc(/C=C2/SC(=S)N(c3ccc(Br)c(Cl)c3)C2=O)cc(Br)c1OCc1ccc(Br)cc1. The van der Waals surface area contributed by atoms with Gasteiger partial charge in [0.25, 0.3) is 5.91 Å². The first-order chi connectivity index (χ1) is 16.3. The zero-order valence-electron chi connectivity index (χ0n) is 17.5. The van der Waals surface area contributed by atoms with Gasteiger partial charge < -0.3 is 9.47 Å². The minimum absolute atomic E-state index is 0.209. The van der Waals surface area contributed by atoms with E-state index >= 15 is 0 Å². The van der Waals surface area contributed by atoms with E-state index in [0.29, 0.717) is 42.5 Å². The highest BCUT2D eigenvalue weighted by atomic mass is 79.9. The van der Waals surface area contributed by atoms with Gasteiger partial charge in [-0.3, -0.25) is 9.69 Å². The molecular weight excluding hydrogens is 690 g/mol. The Morgan fingerprint density at radius 3 is 2.47 bits per heavy atom. The molecule has 0 saturated carbocycles. The van der Waals surface area contributed by atoms with Gasteiger partial charge in [0, 0.05) is 8.95 Å². The van der Waals surface area contributed by atoms with Gasteiger partial charge >= 0.3 is 0 Å². The molecule has 0 radical (unpaired) electrons. The Bertz CT molecular complexity index is 1320. The van der Waals surface area contributed by atoms with Gasteiger partial charge in [0.15, 0.2) is 15.8 Å². The molecule has 0 aliphatic carbocycles. The maximum atomic E-state index is 13.1. The third kappa shape index (κ3) is 5.71. The van der Waals surface area contributed by atoms with E-state index in [-0.39, 0.29) is 5.91 Å². The highest BCUT2D eigenvalue weighted by molar-refractivity contribution is 9.11.